The lowest BCUT2D eigenvalue weighted by atomic mass is 10.1. The first kappa shape index (κ1) is 27.4. The van der Waals surface area contributed by atoms with Crippen LogP contribution in [-0.4, -0.2) is 79.0 Å². The first-order chi connectivity index (χ1) is 15.5. The Morgan fingerprint density at radius 2 is 1.88 bits per heavy atom. The van der Waals surface area contributed by atoms with Crippen LogP contribution in [0.4, 0.5) is 5.95 Å². The lowest BCUT2D eigenvalue weighted by Gasteiger charge is -2.18. The Balaban J connectivity index is 1.77. The highest BCUT2D eigenvalue weighted by Gasteiger charge is 2.50. The zero-order chi connectivity index (χ0) is 25.6. The van der Waals surface area contributed by atoms with Crippen LogP contribution in [0.3, 0.4) is 0 Å². The van der Waals surface area contributed by atoms with Crippen LogP contribution in [0.5, 0.6) is 0 Å². The number of anilines is 1. The van der Waals surface area contributed by atoms with Crippen LogP contribution in [0.15, 0.2) is 11.1 Å². The van der Waals surface area contributed by atoms with Crippen LogP contribution in [0.25, 0.3) is 11.2 Å². The molecule has 7 atom stereocenters. The van der Waals surface area contributed by atoms with Crippen LogP contribution in [0, 0.1) is 0 Å². The molecule has 2 aromatic rings. The SMILES string of the molecule is Nc1nc2c(ncn2[C@@H]2O[C@H](C(O)O[S+]=P([O-])(O)OP(=O)(O)OP(=O)(O)O)[C@@H](O)[C@H]2O)c(=O)[nH]1. The van der Waals surface area contributed by atoms with Crippen molar-refractivity contribution in [2.75, 3.05) is 5.73 Å². The molecule has 1 aliphatic heterocycles. The Kier molecular flexibility index (Phi) is 7.79. The molecule has 0 bridgehead atoms. The zero-order valence-corrected chi connectivity index (χ0v) is 19.5. The number of ether oxygens (including phenoxy) is 1. The molecule has 20 nitrogen and oxygen atoms in total. The average Bonchev–Trinajstić information content (AvgIpc) is 3.19. The number of nitrogens with two attached hydrogens (primary N) is 1. The van der Waals surface area contributed by atoms with Gasteiger partial charge in [-0.1, -0.05) is 4.18 Å². The Morgan fingerprint density at radius 3 is 2.50 bits per heavy atom. The number of phosphoric acid groups is 2. The van der Waals surface area contributed by atoms with Gasteiger partial charge in [0.05, 0.1) is 6.33 Å². The monoisotopic (exact) mass is 571 g/mol. The van der Waals surface area contributed by atoms with Gasteiger partial charge in [0.1, 0.15) is 18.3 Å². The van der Waals surface area contributed by atoms with Crippen molar-refractivity contribution in [2.45, 2.75) is 30.8 Å². The molecule has 3 rings (SSSR count). The fourth-order valence-corrected chi connectivity index (χ4v) is 7.24. The Hall–Kier alpha value is -1.22. The molecule has 1 fully saturated rings. The number of nitrogens with one attached hydrogen (secondary N) is 1. The maximum absolute atomic E-state index is 11.9. The summed E-state index contributed by atoms with van der Waals surface area (Å²) >= 11 is -0.658. The minimum Gasteiger partial charge on any atom is -0.739 e. The van der Waals surface area contributed by atoms with Gasteiger partial charge in [-0.2, -0.15) is 9.29 Å². The molecular formula is C10H16N5O15P3S. The van der Waals surface area contributed by atoms with E-state index in [0.717, 1.165) is 10.9 Å². The molecule has 0 aromatic carbocycles. The highest BCUT2D eigenvalue weighted by atomic mass is 32.5. The molecule has 1 saturated heterocycles. The number of fused-ring (bicyclic) bond motifs is 1. The van der Waals surface area contributed by atoms with Crippen molar-refractivity contribution in [3.05, 3.63) is 16.7 Å². The third-order valence-corrected chi connectivity index (χ3v) is 9.16. The van der Waals surface area contributed by atoms with E-state index in [1.165, 1.54) is 0 Å². The fraction of sp³-hybridized carbons (Fsp3) is 0.500. The molecule has 10 N–H and O–H groups in total. The summed E-state index contributed by atoms with van der Waals surface area (Å²) in [6.07, 6.45) is -8.25. The molecule has 0 aliphatic carbocycles. The predicted molar refractivity (Wildman–Crippen MR) is 106 cm³/mol. The molecule has 3 unspecified atom stereocenters. The molecule has 0 saturated carbocycles. The molecule has 24 heteroatoms. The lowest BCUT2D eigenvalue weighted by molar-refractivity contribution is -0.195. The van der Waals surface area contributed by atoms with Gasteiger partial charge in [-0.25, -0.2) is 18.4 Å². The van der Waals surface area contributed by atoms with E-state index in [4.69, 9.17) is 25.2 Å². The van der Waals surface area contributed by atoms with Gasteiger partial charge in [-0.15, -0.1) is 0 Å². The van der Waals surface area contributed by atoms with E-state index >= 15 is 0 Å². The van der Waals surface area contributed by atoms with Gasteiger partial charge in [-0.3, -0.25) is 14.3 Å². The van der Waals surface area contributed by atoms with Crippen molar-refractivity contribution >= 4 is 50.7 Å². The number of aliphatic hydroxyl groups is 3. The van der Waals surface area contributed by atoms with Crippen molar-refractivity contribution < 1.29 is 66.5 Å². The van der Waals surface area contributed by atoms with Crippen LogP contribution in [-0.2, 0) is 37.9 Å². The predicted octanol–water partition coefficient (Wildman–Crippen LogP) is -4.09. The van der Waals surface area contributed by atoms with Gasteiger partial charge in [0.15, 0.2) is 17.4 Å². The van der Waals surface area contributed by atoms with E-state index in [9.17, 15) is 39.0 Å². The normalized spacial score (nSPS) is 27.9. The second-order valence-electron chi connectivity index (χ2n) is 6.40. The molecule has 0 spiro atoms. The van der Waals surface area contributed by atoms with Crippen molar-refractivity contribution in [3.63, 3.8) is 0 Å². The van der Waals surface area contributed by atoms with Gasteiger partial charge in [0.2, 0.25) is 12.2 Å². The average molecular weight is 571 g/mol. The van der Waals surface area contributed by atoms with Crippen LogP contribution >= 0.6 is 22.4 Å². The minimum atomic E-state index is -5.75. The number of aromatic nitrogens is 4. The first-order valence-corrected chi connectivity index (χ1v) is 14.4. The molecule has 0 radical (unpaired) electrons. The number of aliphatic hydroxyl groups excluding tert-OH is 3. The van der Waals surface area contributed by atoms with Gasteiger partial charge in [0.25, 0.3) is 5.56 Å². The topological polar surface area (TPSA) is 325 Å². The van der Waals surface area contributed by atoms with E-state index in [2.05, 4.69) is 27.8 Å². The number of imidazole rings is 1. The van der Waals surface area contributed by atoms with Crippen LogP contribution in [0.2, 0.25) is 0 Å². The number of nitrogen functional groups attached to an aromatic ring is 1. The molecule has 0 amide bonds. The maximum Gasteiger partial charge on any atom is 0.488 e. The lowest BCUT2D eigenvalue weighted by Crippen LogP contribution is -2.39. The van der Waals surface area contributed by atoms with Crippen molar-refractivity contribution in [2.24, 2.45) is 0 Å². The van der Waals surface area contributed by atoms with Gasteiger partial charge in [0, 0.05) is 0 Å². The molecular weight excluding hydrogens is 555 g/mol. The fourth-order valence-electron chi connectivity index (χ4n) is 2.73. The summed E-state index contributed by atoms with van der Waals surface area (Å²) in [5, 5.41) is 30.6. The van der Waals surface area contributed by atoms with Crippen LogP contribution < -0.4 is 16.2 Å². The summed E-state index contributed by atoms with van der Waals surface area (Å²) in [6, 6.07) is 0. The maximum atomic E-state index is 11.9. The number of nitrogens with zero attached hydrogens (tertiary/aromatic N) is 3. The number of H-pyrrole nitrogens is 1. The smallest absolute Gasteiger partial charge is 0.488 e. The molecule has 192 valence electrons. The van der Waals surface area contributed by atoms with Gasteiger partial charge < -0.3 is 50.3 Å². The Morgan fingerprint density at radius 1 is 1.24 bits per heavy atom. The van der Waals surface area contributed by atoms with Crippen molar-refractivity contribution in [1.82, 2.24) is 19.5 Å². The Labute approximate surface area is 190 Å². The molecule has 3 heterocycles. The first-order valence-electron chi connectivity index (χ1n) is 8.40. The van der Waals surface area contributed by atoms with E-state index in [1.807, 2.05) is 0 Å². The quantitative estimate of drug-likeness (QED) is 0.0629. The second-order valence-corrected chi connectivity index (χ2v) is 12.7. The second kappa shape index (κ2) is 9.68. The molecule has 2 aromatic heterocycles. The highest BCUT2D eigenvalue weighted by molar-refractivity contribution is 8.14. The number of rotatable bonds is 8. The van der Waals surface area contributed by atoms with E-state index < -0.39 is 70.0 Å². The van der Waals surface area contributed by atoms with Crippen LogP contribution in [0.1, 0.15) is 6.23 Å². The summed E-state index contributed by atoms with van der Waals surface area (Å²) < 4.78 is 39.9. The largest absolute Gasteiger partial charge is 0.739 e. The standard InChI is InChI=1S/C10H16N5O15P3S/c11-10-13-6-2(7(18)14-10)12-1-15(6)8-4(17)3(16)5(27-8)9(19)28-34-33(25,26)30-32(23,24)29-31(20,21)22/h1,3-5,8-9,16-17,19H,(H7-,11,13,14,18,20,21,22,23,24,25,26)/t3-,4+,5-,8+,9?/m0/s1. The third-order valence-electron chi connectivity index (χ3n) is 3.93. The third kappa shape index (κ3) is 6.31. The number of aromatic amines is 1. The minimum absolute atomic E-state index is 0.153. The van der Waals surface area contributed by atoms with Crippen molar-refractivity contribution in [1.29, 1.82) is 0 Å². The van der Waals surface area contributed by atoms with E-state index in [0.29, 0.717) is 0 Å². The summed E-state index contributed by atoms with van der Waals surface area (Å²) in [7, 11) is -11.3. The summed E-state index contributed by atoms with van der Waals surface area (Å²) in [6.45, 7) is -5.36. The van der Waals surface area contributed by atoms with E-state index in [-0.39, 0.29) is 17.1 Å². The summed E-state index contributed by atoms with van der Waals surface area (Å²) in [5.74, 6) is -0.300. The number of hydrogen-bond donors (Lipinski definition) is 9. The van der Waals surface area contributed by atoms with E-state index in [1.54, 1.807) is 0 Å². The molecule has 1 aliphatic rings. The van der Waals surface area contributed by atoms with Gasteiger partial charge >= 0.3 is 33.6 Å². The zero-order valence-electron chi connectivity index (χ0n) is 16.0. The summed E-state index contributed by atoms with van der Waals surface area (Å²) in [4.78, 5) is 69.1. The highest BCUT2D eigenvalue weighted by Crippen LogP contribution is 2.64. The summed E-state index contributed by atoms with van der Waals surface area (Å²) in [5.41, 5.74) is 4.41. The molecule has 34 heavy (non-hydrogen) atoms. The van der Waals surface area contributed by atoms with Gasteiger partial charge in [-0.05, 0) is 0 Å². The Bertz CT molecular complexity index is 1270. The number of hydrogen-bond acceptors (Lipinski definition) is 14. The van der Waals surface area contributed by atoms with Crippen molar-refractivity contribution in [3.8, 4) is 0 Å².